The first-order valence-electron chi connectivity index (χ1n) is 17.3. The third-order valence-corrected chi connectivity index (χ3v) is 10.4. The first-order valence-corrected chi connectivity index (χ1v) is 18.6. The highest BCUT2D eigenvalue weighted by Crippen LogP contribution is 2.37. The maximum Gasteiger partial charge on any atom is 0.341 e. The van der Waals surface area contributed by atoms with Crippen molar-refractivity contribution in [1.82, 2.24) is 24.4 Å². The molecule has 0 bridgehead atoms. The van der Waals surface area contributed by atoms with E-state index in [1.54, 1.807) is 74.3 Å². The molecule has 1 saturated heterocycles. The number of piperidine rings is 1. The van der Waals surface area contributed by atoms with E-state index in [0.717, 1.165) is 17.2 Å². The molecule has 2 N–H and O–H groups in total. The van der Waals surface area contributed by atoms with Gasteiger partial charge >= 0.3 is 5.97 Å². The van der Waals surface area contributed by atoms with Crippen LogP contribution in [-0.2, 0) is 11.3 Å². The van der Waals surface area contributed by atoms with Gasteiger partial charge in [0.05, 0.1) is 51.5 Å². The highest BCUT2D eigenvalue weighted by atomic mass is 35.5. The fourth-order valence-electron chi connectivity index (χ4n) is 6.71. The summed E-state index contributed by atoms with van der Waals surface area (Å²) >= 11 is 7.83. The predicted octanol–water partition coefficient (Wildman–Crippen LogP) is 6.69. The van der Waals surface area contributed by atoms with Gasteiger partial charge in [-0.2, -0.15) is 0 Å². The number of halogens is 3. The molecule has 0 atom stereocenters. The molecule has 1 amide bonds. The van der Waals surface area contributed by atoms with Gasteiger partial charge in [0.25, 0.3) is 17.4 Å². The van der Waals surface area contributed by atoms with Gasteiger partial charge in [-0.25, -0.2) is 23.5 Å². The predicted molar refractivity (Wildman–Crippen MR) is 208 cm³/mol. The molecule has 5 heterocycles. The van der Waals surface area contributed by atoms with Crippen LogP contribution in [0.3, 0.4) is 0 Å². The number of ether oxygens (including phenoxy) is 1. The standard InChI is InChI=1S/C39H40ClF2N7O4S/c1-22-46-29-19-45-35(47(6)25-12-16-48(17-13-25)21-39(5,41)42)31(34(43)50)30(29)36(51)49(22)15-7-8-23-9-10-24(40)18-27(23)26-11-14-44-32-28(20-54-33(26)32)37(52)53-38(2,3)4/h9-11,14,18-20,25H,12-13,15-17,21H2,1-6H3,(H2,43,50). The molecule has 6 rings (SSSR count). The van der Waals surface area contributed by atoms with Crippen LogP contribution >= 0.6 is 22.9 Å². The molecule has 0 spiro atoms. The van der Waals surface area contributed by atoms with Crippen molar-refractivity contribution < 1.29 is 23.1 Å². The summed E-state index contributed by atoms with van der Waals surface area (Å²) in [5.74, 6) is 2.76. The molecule has 15 heteroatoms. The number of hydrogen-bond donors (Lipinski definition) is 1. The van der Waals surface area contributed by atoms with Gasteiger partial charge in [0.15, 0.2) is 0 Å². The molecule has 1 aliphatic heterocycles. The number of anilines is 1. The molecular formula is C39H40ClF2N7O4S. The van der Waals surface area contributed by atoms with Gasteiger partial charge in [-0.15, -0.1) is 11.3 Å². The van der Waals surface area contributed by atoms with E-state index >= 15 is 0 Å². The van der Waals surface area contributed by atoms with Gasteiger partial charge in [-0.3, -0.25) is 24.0 Å². The van der Waals surface area contributed by atoms with Crippen molar-refractivity contribution >= 4 is 61.8 Å². The number of thiophene rings is 1. The molecule has 4 aromatic heterocycles. The number of aromatic nitrogens is 4. The first-order chi connectivity index (χ1) is 25.4. The minimum absolute atomic E-state index is 0.0275. The number of carbonyl (C=O) groups is 2. The van der Waals surface area contributed by atoms with Crippen molar-refractivity contribution in [2.75, 3.05) is 31.6 Å². The number of fused-ring (bicyclic) bond motifs is 2. The average molecular weight is 776 g/mol. The summed E-state index contributed by atoms with van der Waals surface area (Å²) in [6.45, 7) is 8.50. The summed E-state index contributed by atoms with van der Waals surface area (Å²) in [5.41, 5.74) is 7.87. The summed E-state index contributed by atoms with van der Waals surface area (Å²) < 4.78 is 35.0. The Bertz CT molecular complexity index is 2400. The number of primary amides is 1. The van der Waals surface area contributed by atoms with Crippen LogP contribution in [0, 0.1) is 18.8 Å². The minimum Gasteiger partial charge on any atom is -0.456 e. The van der Waals surface area contributed by atoms with Crippen LogP contribution in [0.5, 0.6) is 0 Å². The Morgan fingerprint density at radius 3 is 2.52 bits per heavy atom. The van der Waals surface area contributed by atoms with E-state index in [4.69, 9.17) is 22.1 Å². The van der Waals surface area contributed by atoms with Crippen molar-refractivity contribution in [3.63, 3.8) is 0 Å². The van der Waals surface area contributed by atoms with Crippen LogP contribution in [0.25, 0.3) is 32.2 Å². The monoisotopic (exact) mass is 775 g/mol. The zero-order valence-corrected chi connectivity index (χ0v) is 32.4. The molecule has 1 fully saturated rings. The Balaban J connectivity index is 1.33. The van der Waals surface area contributed by atoms with Crippen LogP contribution < -0.4 is 16.2 Å². The lowest BCUT2D eigenvalue weighted by atomic mass is 10.00. The smallest absolute Gasteiger partial charge is 0.341 e. The number of amides is 1. The fraction of sp³-hybridized carbons (Fsp3) is 0.385. The number of rotatable bonds is 8. The van der Waals surface area contributed by atoms with Crippen LogP contribution in [0.15, 0.2) is 46.8 Å². The largest absolute Gasteiger partial charge is 0.456 e. The summed E-state index contributed by atoms with van der Waals surface area (Å²) in [7, 11) is 1.76. The number of benzene rings is 1. The van der Waals surface area contributed by atoms with Gasteiger partial charge in [-0.1, -0.05) is 23.4 Å². The normalized spacial score (nSPS) is 14.2. The molecule has 5 aromatic rings. The van der Waals surface area contributed by atoms with E-state index < -0.39 is 29.0 Å². The summed E-state index contributed by atoms with van der Waals surface area (Å²) in [4.78, 5) is 57.2. The molecule has 282 valence electrons. The van der Waals surface area contributed by atoms with Gasteiger partial charge < -0.3 is 15.4 Å². The lowest BCUT2D eigenvalue weighted by molar-refractivity contribution is -0.0198. The molecule has 0 radical (unpaired) electrons. The minimum atomic E-state index is -2.80. The average Bonchev–Trinajstić information content (AvgIpc) is 3.53. The Hall–Kier alpha value is -4.97. The third-order valence-electron chi connectivity index (χ3n) is 9.16. The maximum atomic E-state index is 14.1. The number of alkyl halides is 2. The highest BCUT2D eigenvalue weighted by molar-refractivity contribution is 7.18. The third kappa shape index (κ3) is 8.23. The van der Waals surface area contributed by atoms with Crippen LogP contribution in [0.1, 0.15) is 72.6 Å². The lowest BCUT2D eigenvalue weighted by Crippen LogP contribution is -2.47. The van der Waals surface area contributed by atoms with E-state index in [0.29, 0.717) is 59.0 Å². The fourth-order valence-corrected chi connectivity index (χ4v) is 7.91. The molecule has 11 nitrogen and oxygen atoms in total. The van der Waals surface area contributed by atoms with E-state index in [9.17, 15) is 23.2 Å². The number of hydrogen-bond acceptors (Lipinski definition) is 10. The Morgan fingerprint density at radius 1 is 1.13 bits per heavy atom. The summed E-state index contributed by atoms with van der Waals surface area (Å²) in [6, 6.07) is 7.00. The Morgan fingerprint density at radius 2 is 1.85 bits per heavy atom. The first kappa shape index (κ1) is 38.7. The maximum absolute atomic E-state index is 14.1. The Kier molecular flexibility index (Phi) is 10.8. The van der Waals surface area contributed by atoms with E-state index in [2.05, 4.69) is 26.8 Å². The number of likely N-dealkylation sites (tertiary alicyclic amines) is 1. The molecule has 0 saturated carbocycles. The number of carbonyl (C=O) groups excluding carboxylic acids is 2. The lowest BCUT2D eigenvalue weighted by Gasteiger charge is -2.38. The number of nitrogens with two attached hydrogens (primary N) is 1. The number of esters is 1. The van der Waals surface area contributed by atoms with Crippen molar-refractivity contribution in [2.24, 2.45) is 5.73 Å². The molecule has 1 aromatic carbocycles. The van der Waals surface area contributed by atoms with Crippen LogP contribution in [0.2, 0.25) is 5.02 Å². The van der Waals surface area contributed by atoms with E-state index in [-0.39, 0.29) is 41.4 Å². The van der Waals surface area contributed by atoms with Gasteiger partial charge in [0.2, 0.25) is 0 Å². The zero-order chi connectivity index (χ0) is 39.1. The second-order valence-electron chi connectivity index (χ2n) is 14.5. The van der Waals surface area contributed by atoms with Crippen molar-refractivity contribution in [3.8, 4) is 23.0 Å². The SMILES string of the molecule is Cc1nc2cnc(N(C)C3CCN(CC(C)(F)F)CC3)c(C(N)=O)c2c(=O)n1CC#Cc1ccc(Cl)cc1-c1ccnc2c(C(=O)OC(C)(C)C)csc12. The zero-order valence-electron chi connectivity index (χ0n) is 30.8. The second kappa shape index (κ2) is 15.0. The quantitative estimate of drug-likeness (QED) is 0.135. The number of pyridine rings is 2. The summed E-state index contributed by atoms with van der Waals surface area (Å²) in [6.07, 6.45) is 4.18. The highest BCUT2D eigenvalue weighted by Gasteiger charge is 2.32. The molecule has 0 aliphatic carbocycles. The molecule has 1 aliphatic rings. The molecule has 0 unspecified atom stereocenters. The van der Waals surface area contributed by atoms with E-state index in [1.165, 1.54) is 22.1 Å². The number of nitrogens with zero attached hydrogens (tertiary/aromatic N) is 6. The summed E-state index contributed by atoms with van der Waals surface area (Å²) in [5, 5.41) is 2.24. The van der Waals surface area contributed by atoms with Crippen LogP contribution in [0.4, 0.5) is 14.6 Å². The van der Waals surface area contributed by atoms with Gasteiger partial charge in [0, 0.05) is 66.4 Å². The van der Waals surface area contributed by atoms with Gasteiger partial charge in [0.1, 0.15) is 17.2 Å². The Labute approximate surface area is 320 Å². The van der Waals surface area contributed by atoms with Crippen molar-refractivity contribution in [2.45, 2.75) is 71.6 Å². The van der Waals surface area contributed by atoms with E-state index in [1.807, 2.05) is 6.07 Å². The topological polar surface area (TPSA) is 137 Å². The number of aryl methyl sites for hydroxylation is 1. The molecule has 54 heavy (non-hydrogen) atoms. The molecular weight excluding hydrogens is 736 g/mol. The van der Waals surface area contributed by atoms with Crippen molar-refractivity contribution in [3.05, 3.63) is 79.9 Å². The van der Waals surface area contributed by atoms with Gasteiger partial charge in [-0.05, 0) is 64.8 Å². The van der Waals surface area contributed by atoms with Crippen LogP contribution in [-0.4, -0.2) is 80.5 Å². The second-order valence-corrected chi connectivity index (χ2v) is 15.8. The van der Waals surface area contributed by atoms with Crippen molar-refractivity contribution in [1.29, 1.82) is 0 Å².